The number of carboxylic acids is 1. The molecule has 0 saturated carbocycles. The summed E-state index contributed by atoms with van der Waals surface area (Å²) in [6.45, 7) is 4.31. The summed E-state index contributed by atoms with van der Waals surface area (Å²) in [7, 11) is 0. The predicted molar refractivity (Wildman–Crippen MR) is 54.2 cm³/mol. The van der Waals surface area contributed by atoms with Crippen LogP contribution in [0.5, 0.6) is 0 Å². The van der Waals surface area contributed by atoms with Crippen molar-refractivity contribution in [1.82, 2.24) is 0 Å². The Labute approximate surface area is 84.9 Å². The fraction of sp³-hybridized carbons (Fsp3) is 0.800. The number of rotatable bonds is 6. The maximum atomic E-state index is 10.3. The van der Waals surface area contributed by atoms with Gasteiger partial charge in [-0.3, -0.25) is 4.79 Å². The quantitative estimate of drug-likeness (QED) is 0.644. The van der Waals surface area contributed by atoms with Gasteiger partial charge in [-0.25, -0.2) is 4.79 Å². The highest BCUT2D eigenvalue weighted by molar-refractivity contribution is 6.32. The van der Waals surface area contributed by atoms with Gasteiger partial charge >= 0.3 is 5.97 Å². The molecule has 0 bridgehead atoms. The summed E-state index contributed by atoms with van der Waals surface area (Å²) in [5.41, 5.74) is 0. The van der Waals surface area contributed by atoms with Gasteiger partial charge in [0.05, 0.1) is 0 Å². The number of hydrogen-bond acceptors (Lipinski definition) is 3. The van der Waals surface area contributed by atoms with E-state index in [2.05, 4.69) is 6.92 Å². The highest BCUT2D eigenvalue weighted by Crippen LogP contribution is 1.94. The molecule has 0 rings (SSSR count). The Hall–Kier alpha value is -0.900. The van der Waals surface area contributed by atoms with Gasteiger partial charge in [0.1, 0.15) is 0 Å². The second kappa shape index (κ2) is 12.1. The second-order valence-electron chi connectivity index (χ2n) is 2.91. The van der Waals surface area contributed by atoms with Crippen LogP contribution in [0.1, 0.15) is 46.0 Å². The molecule has 0 aromatic rings. The summed E-state index contributed by atoms with van der Waals surface area (Å²) in [6.07, 6.45) is 3.74. The number of aliphatic hydroxyl groups excluding tert-OH is 1. The molecule has 0 spiro atoms. The molecule has 4 heteroatoms. The third-order valence-corrected chi connectivity index (χ3v) is 1.51. The molecule has 0 radical (unpaired) electrons. The minimum Gasteiger partial charge on any atom is -0.476 e. The lowest BCUT2D eigenvalue weighted by atomic mass is 10.2. The van der Waals surface area contributed by atoms with Crippen LogP contribution < -0.4 is 0 Å². The molecule has 0 amide bonds. The highest BCUT2D eigenvalue weighted by atomic mass is 16.4. The Morgan fingerprint density at radius 2 is 1.57 bits per heavy atom. The largest absolute Gasteiger partial charge is 0.476 e. The summed E-state index contributed by atoms with van der Waals surface area (Å²) in [4.78, 5) is 20.2. The number of carboxylic acid groups (broad SMARTS) is 1. The Kier molecular flexibility index (Phi) is 13.5. The predicted octanol–water partition coefficient (Wildman–Crippen LogP) is 1.61. The molecule has 0 aliphatic heterocycles. The fourth-order valence-electron chi connectivity index (χ4n) is 0.602. The summed E-state index contributed by atoms with van der Waals surface area (Å²) in [5.74, 6) is -2.00. The summed E-state index contributed by atoms with van der Waals surface area (Å²) < 4.78 is 0. The average molecular weight is 204 g/mol. The first-order chi connectivity index (χ1) is 6.59. The van der Waals surface area contributed by atoms with E-state index in [4.69, 9.17) is 10.2 Å². The lowest BCUT2D eigenvalue weighted by Gasteiger charge is -1.89. The van der Waals surface area contributed by atoms with E-state index in [9.17, 15) is 9.59 Å². The van der Waals surface area contributed by atoms with E-state index >= 15 is 0 Å². The van der Waals surface area contributed by atoms with Crippen molar-refractivity contribution >= 4 is 11.8 Å². The molecular formula is C10H20O4. The van der Waals surface area contributed by atoms with Crippen LogP contribution in [0.4, 0.5) is 0 Å². The lowest BCUT2D eigenvalue weighted by molar-refractivity contribution is -0.149. The van der Waals surface area contributed by atoms with Crippen molar-refractivity contribution in [2.24, 2.45) is 0 Å². The molecule has 0 aliphatic carbocycles. The minimum atomic E-state index is -1.32. The molecule has 0 aliphatic rings. The van der Waals surface area contributed by atoms with Crippen LogP contribution in [0.25, 0.3) is 0 Å². The molecule has 84 valence electrons. The molecule has 0 unspecified atom stereocenters. The summed E-state index contributed by atoms with van der Waals surface area (Å²) in [6, 6.07) is 0. The van der Waals surface area contributed by atoms with Crippen LogP contribution in [-0.2, 0) is 9.59 Å². The molecule has 4 nitrogen and oxygen atoms in total. The molecule has 14 heavy (non-hydrogen) atoms. The number of aliphatic carboxylic acids is 1. The molecule has 0 aromatic carbocycles. The van der Waals surface area contributed by atoms with Crippen LogP contribution in [0, 0.1) is 0 Å². The monoisotopic (exact) mass is 204 g/mol. The van der Waals surface area contributed by atoms with Crippen molar-refractivity contribution in [2.75, 3.05) is 6.61 Å². The topological polar surface area (TPSA) is 74.6 Å². The summed E-state index contributed by atoms with van der Waals surface area (Å²) >= 11 is 0. The van der Waals surface area contributed by atoms with Crippen molar-refractivity contribution in [3.05, 3.63) is 0 Å². The van der Waals surface area contributed by atoms with Crippen molar-refractivity contribution in [2.45, 2.75) is 46.0 Å². The summed E-state index contributed by atoms with van der Waals surface area (Å²) in [5, 5.41) is 16.1. The first kappa shape index (κ1) is 15.6. The third kappa shape index (κ3) is 13.7. The Morgan fingerprint density at radius 1 is 1.07 bits per heavy atom. The van der Waals surface area contributed by atoms with E-state index in [1.165, 1.54) is 0 Å². The van der Waals surface area contributed by atoms with Crippen molar-refractivity contribution in [3.8, 4) is 0 Å². The Bertz CT molecular complexity index is 152. The zero-order valence-electron chi connectivity index (χ0n) is 8.95. The zero-order chi connectivity index (χ0) is 11.4. The standard InChI is InChI=1S/C6H10O3.C4H10O/c1-2-3-4-5(7)6(8)9;1-2-3-4-5/h2-4H2,1H3,(H,8,9);5H,2-4H2,1H3. The minimum absolute atomic E-state index is 0.172. The van der Waals surface area contributed by atoms with Gasteiger partial charge in [0, 0.05) is 13.0 Å². The van der Waals surface area contributed by atoms with E-state index in [1.54, 1.807) is 0 Å². The van der Waals surface area contributed by atoms with Gasteiger partial charge in [0.2, 0.25) is 5.78 Å². The lowest BCUT2D eigenvalue weighted by Crippen LogP contribution is -2.11. The van der Waals surface area contributed by atoms with Gasteiger partial charge in [-0.1, -0.05) is 26.7 Å². The zero-order valence-corrected chi connectivity index (χ0v) is 8.95. The number of unbranched alkanes of at least 4 members (excludes halogenated alkanes) is 2. The molecular weight excluding hydrogens is 184 g/mol. The normalized spacial score (nSPS) is 8.79. The van der Waals surface area contributed by atoms with Gasteiger partial charge in [0.25, 0.3) is 0 Å². The molecule has 2 N–H and O–H groups in total. The van der Waals surface area contributed by atoms with Crippen LogP contribution >= 0.6 is 0 Å². The number of carbonyl (C=O) groups excluding carboxylic acids is 1. The Balaban J connectivity index is 0. The van der Waals surface area contributed by atoms with Gasteiger partial charge in [0.15, 0.2) is 0 Å². The average Bonchev–Trinajstić information content (AvgIpc) is 2.16. The number of Topliss-reactive ketones (excluding diaryl/α,β-unsaturated/α-hetero) is 1. The highest BCUT2D eigenvalue weighted by Gasteiger charge is 2.08. The van der Waals surface area contributed by atoms with Crippen molar-refractivity contribution in [1.29, 1.82) is 0 Å². The molecule has 0 fully saturated rings. The number of ketones is 1. The van der Waals surface area contributed by atoms with Gasteiger partial charge in [-0.15, -0.1) is 0 Å². The third-order valence-electron chi connectivity index (χ3n) is 1.51. The molecule has 0 saturated heterocycles. The van der Waals surface area contributed by atoms with E-state index in [-0.39, 0.29) is 6.42 Å². The van der Waals surface area contributed by atoms with Gasteiger partial charge in [-0.2, -0.15) is 0 Å². The van der Waals surface area contributed by atoms with Crippen LogP contribution in [-0.4, -0.2) is 28.6 Å². The van der Waals surface area contributed by atoms with Crippen molar-refractivity contribution < 1.29 is 19.8 Å². The SMILES string of the molecule is CCCCC(=O)C(=O)O.CCCCO. The molecule has 0 atom stereocenters. The van der Waals surface area contributed by atoms with Crippen LogP contribution in [0.3, 0.4) is 0 Å². The second-order valence-corrected chi connectivity index (χ2v) is 2.91. The van der Waals surface area contributed by atoms with Crippen LogP contribution in [0.2, 0.25) is 0 Å². The maximum absolute atomic E-state index is 10.3. The van der Waals surface area contributed by atoms with Crippen LogP contribution in [0.15, 0.2) is 0 Å². The Morgan fingerprint density at radius 3 is 1.79 bits per heavy atom. The number of aliphatic hydroxyl groups is 1. The van der Waals surface area contributed by atoms with Crippen molar-refractivity contribution in [3.63, 3.8) is 0 Å². The first-order valence-electron chi connectivity index (χ1n) is 4.97. The van der Waals surface area contributed by atoms with E-state index in [0.717, 1.165) is 19.3 Å². The van der Waals surface area contributed by atoms with E-state index in [1.807, 2.05) is 6.92 Å². The number of hydrogen-bond donors (Lipinski definition) is 2. The molecule has 0 heterocycles. The van der Waals surface area contributed by atoms with Gasteiger partial charge in [-0.05, 0) is 12.8 Å². The number of carbonyl (C=O) groups is 2. The first-order valence-corrected chi connectivity index (χ1v) is 4.97. The molecule has 0 aromatic heterocycles. The van der Waals surface area contributed by atoms with Gasteiger partial charge < -0.3 is 10.2 Å². The smallest absolute Gasteiger partial charge is 0.372 e. The fourth-order valence-corrected chi connectivity index (χ4v) is 0.602. The van der Waals surface area contributed by atoms with E-state index in [0.29, 0.717) is 13.0 Å². The maximum Gasteiger partial charge on any atom is 0.372 e. The van der Waals surface area contributed by atoms with E-state index < -0.39 is 11.8 Å².